The summed E-state index contributed by atoms with van der Waals surface area (Å²) in [6.07, 6.45) is 10.4. The number of aromatic nitrogens is 2. The quantitative estimate of drug-likeness (QED) is 0.481. The van der Waals surface area contributed by atoms with Gasteiger partial charge in [-0.1, -0.05) is 42.0 Å². The average molecular weight is 408 g/mol. The Hall–Kier alpha value is -2.99. The predicted octanol–water partition coefficient (Wildman–Crippen LogP) is 4.13. The van der Waals surface area contributed by atoms with Gasteiger partial charge in [0, 0.05) is 25.3 Å². The van der Waals surface area contributed by atoms with Gasteiger partial charge in [0.1, 0.15) is 11.9 Å². The minimum atomic E-state index is -0.863. The second kappa shape index (κ2) is 9.67. The average Bonchev–Trinajstić information content (AvgIpc) is 3.18. The van der Waals surface area contributed by atoms with Crippen LogP contribution in [0.1, 0.15) is 44.5 Å². The zero-order chi connectivity index (χ0) is 21.7. The smallest absolute Gasteiger partial charge is 0.303 e. The number of benzene rings is 1. The number of carboxylic acids is 1. The fraction of sp³-hybridized carbons (Fsp3) is 0.375. The van der Waals surface area contributed by atoms with E-state index in [9.17, 15) is 14.7 Å². The van der Waals surface area contributed by atoms with E-state index in [1.807, 2.05) is 61.0 Å². The highest BCUT2D eigenvalue weighted by Crippen LogP contribution is 2.34. The van der Waals surface area contributed by atoms with Gasteiger partial charge in [-0.05, 0) is 44.4 Å². The van der Waals surface area contributed by atoms with Crippen molar-refractivity contribution in [3.05, 3.63) is 66.0 Å². The summed E-state index contributed by atoms with van der Waals surface area (Å²) in [6, 6.07) is 7.73. The number of aryl methyl sites for hydroxylation is 1. The number of carbonyl (C=O) groups excluding carboxylic acids is 1. The number of aliphatic hydroxyl groups excluding tert-OH is 1. The Balaban J connectivity index is 1.66. The van der Waals surface area contributed by atoms with E-state index in [1.54, 1.807) is 12.2 Å². The van der Waals surface area contributed by atoms with Crippen LogP contribution in [-0.4, -0.2) is 31.5 Å². The third kappa shape index (κ3) is 4.94. The molecule has 0 saturated carbocycles. The van der Waals surface area contributed by atoms with Gasteiger partial charge in [-0.3, -0.25) is 9.59 Å². The van der Waals surface area contributed by atoms with Crippen LogP contribution in [0.2, 0.25) is 0 Å². The SMILES string of the molecule is CC1=CC(=O)[C@H](CC=CCCCC(=O)O)[C@H]1C=C[C@@H](O)c1nc2ccccc2n1C. The Morgan fingerprint density at radius 2 is 2.07 bits per heavy atom. The van der Waals surface area contributed by atoms with Crippen molar-refractivity contribution in [3.63, 3.8) is 0 Å². The molecule has 6 nitrogen and oxygen atoms in total. The topological polar surface area (TPSA) is 92.4 Å². The molecule has 0 spiro atoms. The van der Waals surface area contributed by atoms with Crippen LogP contribution in [0.4, 0.5) is 0 Å². The van der Waals surface area contributed by atoms with Crippen molar-refractivity contribution >= 4 is 22.8 Å². The molecule has 6 heteroatoms. The molecule has 0 unspecified atom stereocenters. The molecule has 0 saturated heterocycles. The minimum absolute atomic E-state index is 0.0643. The van der Waals surface area contributed by atoms with Crippen LogP contribution in [0.25, 0.3) is 11.0 Å². The summed E-state index contributed by atoms with van der Waals surface area (Å²) >= 11 is 0. The molecule has 0 bridgehead atoms. The molecule has 0 aliphatic heterocycles. The van der Waals surface area contributed by atoms with E-state index >= 15 is 0 Å². The maximum atomic E-state index is 12.4. The van der Waals surface area contributed by atoms with Crippen molar-refractivity contribution in [2.45, 2.75) is 38.7 Å². The second-order valence-corrected chi connectivity index (χ2v) is 7.76. The molecule has 30 heavy (non-hydrogen) atoms. The Morgan fingerprint density at radius 1 is 1.30 bits per heavy atom. The second-order valence-electron chi connectivity index (χ2n) is 7.76. The lowest BCUT2D eigenvalue weighted by molar-refractivity contribution is -0.137. The highest BCUT2D eigenvalue weighted by atomic mass is 16.4. The van der Waals surface area contributed by atoms with Gasteiger partial charge in [0.2, 0.25) is 0 Å². The molecule has 1 heterocycles. The Kier molecular flexibility index (Phi) is 7.00. The van der Waals surface area contributed by atoms with Crippen LogP contribution >= 0.6 is 0 Å². The number of hydrogen-bond acceptors (Lipinski definition) is 4. The van der Waals surface area contributed by atoms with Gasteiger partial charge in [0.15, 0.2) is 5.78 Å². The fourth-order valence-corrected chi connectivity index (χ4v) is 3.94. The maximum Gasteiger partial charge on any atom is 0.303 e. The summed E-state index contributed by atoms with van der Waals surface area (Å²) in [5, 5.41) is 19.4. The molecular formula is C24H28N2O4. The Bertz CT molecular complexity index is 1020. The van der Waals surface area contributed by atoms with Crippen LogP contribution in [0, 0.1) is 11.8 Å². The van der Waals surface area contributed by atoms with E-state index in [0.29, 0.717) is 25.1 Å². The predicted molar refractivity (Wildman–Crippen MR) is 116 cm³/mol. The monoisotopic (exact) mass is 408 g/mol. The third-order valence-electron chi connectivity index (χ3n) is 5.60. The molecule has 0 fully saturated rings. The molecule has 3 rings (SSSR count). The molecule has 158 valence electrons. The van der Waals surface area contributed by atoms with E-state index in [4.69, 9.17) is 5.11 Å². The number of unbranched alkanes of at least 4 members (excludes halogenated alkanes) is 1. The molecule has 0 radical (unpaired) electrons. The Labute approximate surface area is 176 Å². The minimum Gasteiger partial charge on any atom is -0.481 e. The fourth-order valence-electron chi connectivity index (χ4n) is 3.94. The lowest BCUT2D eigenvalue weighted by atomic mass is 9.87. The van der Waals surface area contributed by atoms with Crippen LogP contribution in [0.5, 0.6) is 0 Å². The highest BCUT2D eigenvalue weighted by molar-refractivity contribution is 5.96. The number of rotatable bonds is 9. The van der Waals surface area contributed by atoms with E-state index in [0.717, 1.165) is 16.6 Å². The van der Waals surface area contributed by atoms with Gasteiger partial charge in [-0.15, -0.1) is 0 Å². The summed E-state index contributed by atoms with van der Waals surface area (Å²) in [7, 11) is 1.88. The molecule has 3 atom stereocenters. The first kappa shape index (κ1) is 21.7. The van der Waals surface area contributed by atoms with Gasteiger partial charge in [0.25, 0.3) is 0 Å². The molecule has 2 aromatic rings. The Morgan fingerprint density at radius 3 is 2.80 bits per heavy atom. The lowest BCUT2D eigenvalue weighted by Gasteiger charge is -2.16. The van der Waals surface area contributed by atoms with Crippen LogP contribution in [0.15, 0.2) is 60.2 Å². The zero-order valence-electron chi connectivity index (χ0n) is 17.4. The zero-order valence-corrected chi connectivity index (χ0v) is 17.4. The van der Waals surface area contributed by atoms with Crippen molar-refractivity contribution < 1.29 is 19.8 Å². The van der Waals surface area contributed by atoms with Gasteiger partial charge < -0.3 is 14.8 Å². The standard InChI is InChI=1S/C24H28N2O4/c1-16-15-22(28)18(9-5-3-4-6-12-23(29)30)17(16)13-14-21(27)24-25-19-10-7-8-11-20(19)26(24)2/h3,5,7-8,10-11,13-15,17-18,21,27H,4,6,9,12H2,1-2H3,(H,29,30)/t17-,18+,21+/m0/s1. The number of nitrogens with zero attached hydrogens (tertiary/aromatic N) is 2. The highest BCUT2D eigenvalue weighted by Gasteiger charge is 2.31. The van der Waals surface area contributed by atoms with Gasteiger partial charge in [-0.2, -0.15) is 0 Å². The molecule has 0 amide bonds. The number of allylic oxidation sites excluding steroid dienone is 5. The third-order valence-corrected chi connectivity index (χ3v) is 5.60. The van der Waals surface area contributed by atoms with E-state index < -0.39 is 12.1 Å². The van der Waals surface area contributed by atoms with Gasteiger partial charge >= 0.3 is 5.97 Å². The van der Waals surface area contributed by atoms with Crippen molar-refractivity contribution in [1.82, 2.24) is 9.55 Å². The molecular weight excluding hydrogens is 380 g/mol. The van der Waals surface area contributed by atoms with Crippen molar-refractivity contribution in [2.24, 2.45) is 18.9 Å². The van der Waals surface area contributed by atoms with Gasteiger partial charge in [-0.25, -0.2) is 4.98 Å². The van der Waals surface area contributed by atoms with Crippen LogP contribution in [0.3, 0.4) is 0 Å². The van der Waals surface area contributed by atoms with Crippen molar-refractivity contribution in [1.29, 1.82) is 0 Å². The van der Waals surface area contributed by atoms with Crippen molar-refractivity contribution in [3.8, 4) is 0 Å². The van der Waals surface area contributed by atoms with Crippen molar-refractivity contribution in [2.75, 3.05) is 0 Å². The maximum absolute atomic E-state index is 12.4. The van der Waals surface area contributed by atoms with Crippen LogP contribution in [-0.2, 0) is 16.6 Å². The van der Waals surface area contributed by atoms with E-state index in [-0.39, 0.29) is 24.0 Å². The van der Waals surface area contributed by atoms with Gasteiger partial charge in [0.05, 0.1) is 11.0 Å². The summed E-state index contributed by atoms with van der Waals surface area (Å²) in [6.45, 7) is 1.94. The first-order valence-electron chi connectivity index (χ1n) is 10.2. The molecule has 2 N–H and O–H groups in total. The number of aliphatic carboxylic acids is 1. The largest absolute Gasteiger partial charge is 0.481 e. The molecule has 1 aliphatic rings. The number of para-hydroxylation sites is 2. The van der Waals surface area contributed by atoms with E-state index in [1.165, 1.54) is 0 Å². The summed E-state index contributed by atoms with van der Waals surface area (Å²) < 4.78 is 1.88. The number of imidazole rings is 1. The first-order valence-corrected chi connectivity index (χ1v) is 10.2. The number of fused-ring (bicyclic) bond motifs is 1. The number of ketones is 1. The number of aliphatic hydroxyl groups is 1. The van der Waals surface area contributed by atoms with E-state index in [2.05, 4.69) is 4.98 Å². The summed E-state index contributed by atoms with van der Waals surface area (Å²) in [5.74, 6) is -0.392. The summed E-state index contributed by atoms with van der Waals surface area (Å²) in [4.78, 5) is 27.5. The lowest BCUT2D eigenvalue weighted by Crippen LogP contribution is -2.15. The molecule has 1 aromatic carbocycles. The number of carboxylic acid groups (broad SMARTS) is 1. The number of carbonyl (C=O) groups is 2. The van der Waals surface area contributed by atoms with Crippen LogP contribution < -0.4 is 0 Å². The normalized spacial score (nSPS) is 20.5. The molecule has 1 aromatic heterocycles. The molecule has 1 aliphatic carbocycles. The summed E-state index contributed by atoms with van der Waals surface area (Å²) in [5.41, 5.74) is 2.77. The first-order chi connectivity index (χ1) is 14.4. The number of hydrogen-bond donors (Lipinski definition) is 2.